The zero-order valence-electron chi connectivity index (χ0n) is 11.1. The van der Waals surface area contributed by atoms with Crippen molar-refractivity contribution < 1.29 is 21.4 Å². The molecule has 6 nitrogen and oxygen atoms in total. The predicted molar refractivity (Wildman–Crippen MR) is 89.4 cm³/mol. The highest BCUT2D eigenvalue weighted by Gasteiger charge is 2.21. The van der Waals surface area contributed by atoms with Gasteiger partial charge in [-0.05, 0) is 35.6 Å². The summed E-state index contributed by atoms with van der Waals surface area (Å²) in [5.74, 6) is -0.199. The third-order valence-corrected chi connectivity index (χ3v) is 6.82. The topological polar surface area (TPSA) is 101 Å². The number of anilines is 1. The molecule has 0 aliphatic heterocycles. The summed E-state index contributed by atoms with van der Waals surface area (Å²) in [7, 11) is -8.17. The van der Waals surface area contributed by atoms with Crippen molar-refractivity contribution in [1.29, 1.82) is 0 Å². The van der Waals surface area contributed by atoms with Crippen LogP contribution in [0.2, 0.25) is 0 Å². The summed E-state index contributed by atoms with van der Waals surface area (Å²) in [5.41, 5.74) is 0.706. The highest BCUT2D eigenvalue weighted by atomic mass is 79.9. The van der Waals surface area contributed by atoms with Crippen LogP contribution in [0, 0.1) is 0 Å². The second-order valence-corrected chi connectivity index (χ2v) is 9.68. The predicted octanol–water partition coefficient (Wildman–Crippen LogP) is 2.74. The fourth-order valence-corrected chi connectivity index (χ4v) is 4.82. The molecule has 0 atom stereocenters. The SMILES string of the molecule is O=S(=O)(CCc1ccc(Br)cc1)Nc1ccsc1S(=O)(=O)O. The minimum absolute atomic E-state index is 0.136. The first-order valence-corrected chi connectivity index (χ1v) is 10.7. The number of hydrogen-bond acceptors (Lipinski definition) is 5. The molecule has 0 saturated heterocycles. The normalized spacial score (nSPS) is 12.3. The van der Waals surface area contributed by atoms with E-state index in [1.165, 1.54) is 11.4 Å². The largest absolute Gasteiger partial charge is 0.306 e. The van der Waals surface area contributed by atoms with Crippen LogP contribution in [0.1, 0.15) is 5.56 Å². The lowest BCUT2D eigenvalue weighted by Gasteiger charge is -2.08. The molecular weight excluding hydrogens is 414 g/mol. The van der Waals surface area contributed by atoms with Gasteiger partial charge in [-0.2, -0.15) is 8.42 Å². The van der Waals surface area contributed by atoms with Crippen LogP contribution in [-0.2, 0) is 26.6 Å². The van der Waals surface area contributed by atoms with Gasteiger partial charge in [-0.25, -0.2) is 8.42 Å². The van der Waals surface area contributed by atoms with E-state index in [2.05, 4.69) is 20.7 Å². The Morgan fingerprint density at radius 2 is 1.73 bits per heavy atom. The Morgan fingerprint density at radius 3 is 2.32 bits per heavy atom. The molecule has 0 aliphatic carbocycles. The first-order valence-electron chi connectivity index (χ1n) is 5.97. The van der Waals surface area contributed by atoms with Gasteiger partial charge in [0.25, 0.3) is 0 Å². The average Bonchev–Trinajstić information content (AvgIpc) is 2.85. The van der Waals surface area contributed by atoms with Crippen LogP contribution < -0.4 is 4.72 Å². The maximum absolute atomic E-state index is 12.0. The summed E-state index contributed by atoms with van der Waals surface area (Å²) in [6.07, 6.45) is 0.286. The van der Waals surface area contributed by atoms with E-state index in [0.29, 0.717) is 0 Å². The van der Waals surface area contributed by atoms with Crippen molar-refractivity contribution in [2.75, 3.05) is 10.5 Å². The van der Waals surface area contributed by atoms with Crippen molar-refractivity contribution in [3.8, 4) is 0 Å². The van der Waals surface area contributed by atoms with Crippen LogP contribution >= 0.6 is 27.3 Å². The fraction of sp³-hybridized carbons (Fsp3) is 0.167. The van der Waals surface area contributed by atoms with Gasteiger partial charge < -0.3 is 0 Å². The molecule has 0 amide bonds. The quantitative estimate of drug-likeness (QED) is 0.692. The van der Waals surface area contributed by atoms with Gasteiger partial charge in [0, 0.05) is 4.47 Å². The van der Waals surface area contributed by atoms with Crippen LogP contribution in [0.4, 0.5) is 5.69 Å². The minimum Gasteiger partial charge on any atom is -0.281 e. The van der Waals surface area contributed by atoms with E-state index in [9.17, 15) is 16.8 Å². The molecule has 0 radical (unpaired) electrons. The lowest BCUT2D eigenvalue weighted by Crippen LogP contribution is -2.19. The van der Waals surface area contributed by atoms with E-state index in [4.69, 9.17) is 4.55 Å². The van der Waals surface area contributed by atoms with Gasteiger partial charge in [0.15, 0.2) is 4.21 Å². The summed E-state index contributed by atoms with van der Waals surface area (Å²) < 4.78 is 58.0. The standard InChI is InChI=1S/C12H12BrNO5S3/c13-10-3-1-9(2-4-10)6-8-21(15,16)14-11-5-7-20-12(11)22(17,18)19/h1-5,7,14H,6,8H2,(H,17,18,19). The first kappa shape index (κ1) is 17.4. The molecule has 2 N–H and O–H groups in total. The number of aryl methyl sites for hydroxylation is 1. The first-order chi connectivity index (χ1) is 10.2. The van der Waals surface area contributed by atoms with E-state index in [0.717, 1.165) is 21.4 Å². The fourth-order valence-electron chi connectivity index (χ4n) is 1.69. The van der Waals surface area contributed by atoms with Gasteiger partial charge in [0.2, 0.25) is 10.0 Å². The van der Waals surface area contributed by atoms with Crippen molar-refractivity contribution in [2.24, 2.45) is 0 Å². The summed E-state index contributed by atoms with van der Waals surface area (Å²) in [4.78, 5) is 0. The second kappa shape index (κ2) is 6.67. The number of nitrogens with one attached hydrogen (secondary N) is 1. The van der Waals surface area contributed by atoms with Gasteiger partial charge in [0.05, 0.1) is 11.4 Å². The van der Waals surface area contributed by atoms with Crippen LogP contribution in [-0.4, -0.2) is 27.1 Å². The second-order valence-electron chi connectivity index (χ2n) is 4.39. The van der Waals surface area contributed by atoms with Crippen molar-refractivity contribution >= 4 is 53.1 Å². The zero-order chi connectivity index (χ0) is 16.4. The molecule has 1 aromatic heterocycles. The molecular formula is C12H12BrNO5S3. The molecule has 10 heteroatoms. The third kappa shape index (κ3) is 4.78. The number of halogens is 1. The van der Waals surface area contributed by atoms with Crippen molar-refractivity contribution in [3.63, 3.8) is 0 Å². The molecule has 2 aromatic rings. The number of thiophene rings is 1. The van der Waals surface area contributed by atoms with E-state index in [-0.39, 0.29) is 17.9 Å². The van der Waals surface area contributed by atoms with E-state index < -0.39 is 24.4 Å². The average molecular weight is 426 g/mol. The molecule has 120 valence electrons. The van der Waals surface area contributed by atoms with Crippen LogP contribution in [0.15, 0.2) is 44.4 Å². The summed E-state index contributed by atoms with van der Waals surface area (Å²) >= 11 is 4.04. The molecule has 0 spiro atoms. The number of rotatable bonds is 6. The van der Waals surface area contributed by atoms with E-state index in [1.807, 2.05) is 12.1 Å². The summed E-state index contributed by atoms with van der Waals surface area (Å²) in [5, 5.41) is 1.38. The summed E-state index contributed by atoms with van der Waals surface area (Å²) in [6, 6.07) is 8.52. The minimum atomic E-state index is -4.45. The summed E-state index contributed by atoms with van der Waals surface area (Å²) in [6.45, 7) is 0. The van der Waals surface area contributed by atoms with Gasteiger partial charge >= 0.3 is 10.1 Å². The van der Waals surface area contributed by atoms with Crippen LogP contribution in [0.25, 0.3) is 0 Å². The molecule has 22 heavy (non-hydrogen) atoms. The molecule has 2 rings (SSSR count). The van der Waals surface area contributed by atoms with Gasteiger partial charge in [-0.15, -0.1) is 11.3 Å². The molecule has 0 bridgehead atoms. The van der Waals surface area contributed by atoms with Gasteiger partial charge in [-0.1, -0.05) is 28.1 Å². The lowest BCUT2D eigenvalue weighted by molar-refractivity contribution is 0.486. The number of hydrogen-bond donors (Lipinski definition) is 2. The molecule has 0 aliphatic rings. The van der Waals surface area contributed by atoms with E-state index >= 15 is 0 Å². The number of sulfonamides is 1. The van der Waals surface area contributed by atoms with Crippen molar-refractivity contribution in [3.05, 3.63) is 45.7 Å². The molecule has 0 unspecified atom stereocenters. The Morgan fingerprint density at radius 1 is 1.09 bits per heavy atom. The Labute approximate surface area is 141 Å². The monoisotopic (exact) mass is 425 g/mol. The van der Waals surface area contributed by atoms with Gasteiger partial charge in [0.1, 0.15) is 0 Å². The van der Waals surface area contributed by atoms with Crippen molar-refractivity contribution in [2.45, 2.75) is 10.6 Å². The molecule has 1 heterocycles. The Kier molecular flexibility index (Phi) is 5.28. The Hall–Kier alpha value is -0.940. The lowest BCUT2D eigenvalue weighted by atomic mass is 10.2. The Balaban J connectivity index is 2.09. The molecule has 0 saturated carbocycles. The molecule has 0 fully saturated rings. The zero-order valence-corrected chi connectivity index (χ0v) is 15.1. The molecule has 1 aromatic carbocycles. The smallest absolute Gasteiger partial charge is 0.281 e. The maximum atomic E-state index is 12.0. The third-order valence-electron chi connectivity index (χ3n) is 2.70. The van der Waals surface area contributed by atoms with Crippen LogP contribution in [0.3, 0.4) is 0 Å². The van der Waals surface area contributed by atoms with Crippen LogP contribution in [0.5, 0.6) is 0 Å². The highest BCUT2D eigenvalue weighted by molar-refractivity contribution is 9.10. The van der Waals surface area contributed by atoms with E-state index in [1.54, 1.807) is 12.1 Å². The van der Waals surface area contributed by atoms with Crippen molar-refractivity contribution in [1.82, 2.24) is 0 Å². The van der Waals surface area contributed by atoms with Gasteiger partial charge in [-0.3, -0.25) is 9.27 Å². The Bertz CT molecular complexity index is 856. The highest BCUT2D eigenvalue weighted by Crippen LogP contribution is 2.28. The number of benzene rings is 1. The maximum Gasteiger partial charge on any atom is 0.306 e.